The minimum atomic E-state index is -4.01. The van der Waals surface area contributed by atoms with Crippen molar-refractivity contribution in [1.29, 1.82) is 0 Å². The highest BCUT2D eigenvalue weighted by Crippen LogP contribution is 2.32. The fraction of sp³-hybridized carbons (Fsp3) is 0.286. The second-order valence-corrected chi connectivity index (χ2v) is 9.78. The molecular weight excluding hydrogens is 489 g/mol. The van der Waals surface area contributed by atoms with Gasteiger partial charge in [-0.2, -0.15) is 4.98 Å². The van der Waals surface area contributed by atoms with Gasteiger partial charge in [0, 0.05) is 36.2 Å². The molecule has 1 N–H and O–H groups in total. The number of oxazole rings is 1. The Balaban J connectivity index is 1.64. The molecule has 0 unspecified atom stereocenters. The van der Waals surface area contributed by atoms with Crippen molar-refractivity contribution < 1.29 is 22.0 Å². The van der Waals surface area contributed by atoms with Crippen molar-refractivity contribution in [3.8, 4) is 11.5 Å². The molecule has 0 saturated carbocycles. The molecule has 0 aliphatic carbocycles. The summed E-state index contributed by atoms with van der Waals surface area (Å²) in [5.74, 6) is -0.268. The molecule has 1 saturated heterocycles. The number of hydrogen-bond donors (Lipinski definition) is 1. The lowest BCUT2D eigenvalue weighted by Crippen LogP contribution is -2.39. The van der Waals surface area contributed by atoms with Gasteiger partial charge in [-0.3, -0.25) is 4.90 Å². The summed E-state index contributed by atoms with van der Waals surface area (Å²) in [6.45, 7) is 4.18. The average Bonchev–Trinajstić information content (AvgIpc) is 3.20. The third-order valence-electron chi connectivity index (χ3n) is 4.88. The van der Waals surface area contributed by atoms with Crippen LogP contribution in [0, 0.1) is 5.82 Å². The number of anilines is 1. The van der Waals surface area contributed by atoms with Crippen molar-refractivity contribution in [2.45, 2.75) is 9.92 Å². The van der Waals surface area contributed by atoms with E-state index in [1.165, 1.54) is 12.1 Å². The Morgan fingerprint density at radius 3 is 2.42 bits per heavy atom. The second-order valence-electron chi connectivity index (χ2n) is 7.00. The first-order chi connectivity index (χ1) is 14.9. The maximum atomic E-state index is 13.3. The summed E-state index contributed by atoms with van der Waals surface area (Å²) in [5.41, 5.74) is 0.639. The number of benzene rings is 2. The van der Waals surface area contributed by atoms with E-state index in [4.69, 9.17) is 9.15 Å². The van der Waals surface area contributed by atoms with Gasteiger partial charge in [0.25, 0.3) is 0 Å². The number of halogens is 2. The fourth-order valence-corrected chi connectivity index (χ4v) is 4.74. The van der Waals surface area contributed by atoms with Crippen LogP contribution < -0.4 is 5.32 Å². The number of aromatic nitrogens is 1. The number of nitrogens with one attached hydrogen (secondary N) is 1. The van der Waals surface area contributed by atoms with Crippen molar-refractivity contribution in [2.75, 3.05) is 44.7 Å². The largest absolute Gasteiger partial charge is 0.419 e. The molecule has 1 fully saturated rings. The predicted octanol–water partition coefficient (Wildman–Crippen LogP) is 3.82. The SMILES string of the molecule is O=S(=O)(c1ccc(F)cc1)c1nc(-c2ccc(Br)cc2)oc1NCCN1CCOCC1. The summed E-state index contributed by atoms with van der Waals surface area (Å²) >= 11 is 3.37. The molecule has 0 spiro atoms. The normalized spacial score (nSPS) is 15.2. The standard InChI is InChI=1S/C21H21BrFN3O4S/c22-16-3-1-15(2-4-16)19-25-21(31(27,28)18-7-5-17(23)6-8-18)20(30-19)24-9-10-26-11-13-29-14-12-26/h1-8,24H,9-14H2. The van der Waals surface area contributed by atoms with Crippen LogP contribution in [0.2, 0.25) is 0 Å². The summed E-state index contributed by atoms with van der Waals surface area (Å²) in [6.07, 6.45) is 0. The molecule has 7 nitrogen and oxygen atoms in total. The molecule has 4 rings (SSSR count). The molecular formula is C21H21BrFN3O4S. The number of morpholine rings is 1. The highest BCUT2D eigenvalue weighted by Gasteiger charge is 2.28. The molecule has 1 aliphatic heterocycles. The molecule has 10 heteroatoms. The number of sulfone groups is 1. The van der Waals surface area contributed by atoms with E-state index >= 15 is 0 Å². The van der Waals surface area contributed by atoms with Crippen molar-refractivity contribution in [3.63, 3.8) is 0 Å². The number of nitrogens with zero attached hydrogens (tertiary/aromatic N) is 2. The lowest BCUT2D eigenvalue weighted by Gasteiger charge is -2.26. The first kappa shape index (κ1) is 21.9. The highest BCUT2D eigenvalue weighted by molar-refractivity contribution is 9.10. The van der Waals surface area contributed by atoms with Gasteiger partial charge in [0.05, 0.1) is 18.1 Å². The predicted molar refractivity (Wildman–Crippen MR) is 117 cm³/mol. The van der Waals surface area contributed by atoms with E-state index in [1.54, 1.807) is 12.1 Å². The fourth-order valence-electron chi connectivity index (χ4n) is 3.19. The van der Waals surface area contributed by atoms with E-state index < -0.39 is 15.7 Å². The monoisotopic (exact) mass is 509 g/mol. The van der Waals surface area contributed by atoms with Crippen molar-refractivity contribution in [2.24, 2.45) is 0 Å². The minimum Gasteiger partial charge on any atom is -0.419 e. The van der Waals surface area contributed by atoms with Crippen molar-refractivity contribution in [3.05, 3.63) is 58.8 Å². The van der Waals surface area contributed by atoms with Crippen LogP contribution in [0.4, 0.5) is 10.3 Å². The van der Waals surface area contributed by atoms with Crippen molar-refractivity contribution in [1.82, 2.24) is 9.88 Å². The molecule has 0 radical (unpaired) electrons. The molecule has 2 aromatic carbocycles. The minimum absolute atomic E-state index is 0.0548. The van der Waals surface area contributed by atoms with E-state index in [0.29, 0.717) is 31.9 Å². The van der Waals surface area contributed by atoms with Crippen LogP contribution >= 0.6 is 15.9 Å². The molecule has 2 heterocycles. The van der Waals surface area contributed by atoms with Gasteiger partial charge in [-0.25, -0.2) is 12.8 Å². The molecule has 1 aromatic heterocycles. The molecule has 31 heavy (non-hydrogen) atoms. The molecule has 0 atom stereocenters. The van der Waals surface area contributed by atoms with Crippen LogP contribution in [0.15, 0.2) is 67.3 Å². The Hall–Kier alpha value is -2.27. The first-order valence-electron chi connectivity index (χ1n) is 9.75. The number of hydrogen-bond acceptors (Lipinski definition) is 7. The topological polar surface area (TPSA) is 84.7 Å². The third kappa shape index (κ3) is 5.15. The third-order valence-corrected chi connectivity index (χ3v) is 7.09. The maximum Gasteiger partial charge on any atom is 0.233 e. The zero-order valence-electron chi connectivity index (χ0n) is 16.6. The zero-order valence-corrected chi connectivity index (χ0v) is 19.0. The summed E-state index contributed by atoms with van der Waals surface area (Å²) in [6, 6.07) is 11.8. The van der Waals surface area contributed by atoms with Gasteiger partial charge in [0.2, 0.25) is 26.6 Å². The number of rotatable bonds is 7. The molecule has 0 amide bonds. The Morgan fingerprint density at radius 1 is 1.06 bits per heavy atom. The van der Waals surface area contributed by atoms with Crippen LogP contribution in [0.25, 0.3) is 11.5 Å². The first-order valence-corrected chi connectivity index (χ1v) is 12.0. The lowest BCUT2D eigenvalue weighted by molar-refractivity contribution is 0.0398. The smallest absolute Gasteiger partial charge is 0.233 e. The van der Waals surface area contributed by atoms with E-state index in [9.17, 15) is 12.8 Å². The van der Waals surface area contributed by atoms with Crippen LogP contribution in [0.3, 0.4) is 0 Å². The van der Waals surface area contributed by atoms with Gasteiger partial charge in [0.1, 0.15) is 5.82 Å². The van der Waals surface area contributed by atoms with Crippen LogP contribution in [-0.4, -0.2) is 57.7 Å². The van der Waals surface area contributed by atoms with E-state index in [0.717, 1.165) is 29.7 Å². The quantitative estimate of drug-likeness (QED) is 0.484. The van der Waals surface area contributed by atoms with Gasteiger partial charge in [0.15, 0.2) is 0 Å². The molecule has 164 valence electrons. The van der Waals surface area contributed by atoms with Crippen LogP contribution in [0.5, 0.6) is 0 Å². The van der Waals surface area contributed by atoms with E-state index in [1.807, 2.05) is 12.1 Å². The van der Waals surface area contributed by atoms with Crippen LogP contribution in [-0.2, 0) is 14.6 Å². The molecule has 3 aromatic rings. The van der Waals surface area contributed by atoms with Crippen molar-refractivity contribution >= 4 is 31.7 Å². The second kappa shape index (κ2) is 9.47. The Morgan fingerprint density at radius 2 is 1.74 bits per heavy atom. The highest BCUT2D eigenvalue weighted by atomic mass is 79.9. The van der Waals surface area contributed by atoms with Gasteiger partial charge in [-0.1, -0.05) is 15.9 Å². The summed E-state index contributed by atoms with van der Waals surface area (Å²) in [4.78, 5) is 6.45. The maximum absolute atomic E-state index is 13.3. The van der Waals surface area contributed by atoms with E-state index in [-0.39, 0.29) is 21.7 Å². The van der Waals surface area contributed by atoms with Gasteiger partial charge in [-0.05, 0) is 48.5 Å². The summed E-state index contributed by atoms with van der Waals surface area (Å²) in [5, 5.41) is 2.85. The van der Waals surface area contributed by atoms with E-state index in [2.05, 4.69) is 31.1 Å². The molecule has 0 bridgehead atoms. The lowest BCUT2D eigenvalue weighted by atomic mass is 10.2. The Kier molecular flexibility index (Phi) is 6.71. The van der Waals surface area contributed by atoms with Crippen LogP contribution in [0.1, 0.15) is 0 Å². The zero-order chi connectivity index (χ0) is 21.8. The molecule has 1 aliphatic rings. The Labute approximate surface area is 188 Å². The average molecular weight is 510 g/mol. The summed E-state index contributed by atoms with van der Waals surface area (Å²) < 4.78 is 51.8. The summed E-state index contributed by atoms with van der Waals surface area (Å²) in [7, 11) is -4.01. The Bertz CT molecular complexity index is 1130. The van der Waals surface area contributed by atoms with Gasteiger partial charge < -0.3 is 14.5 Å². The number of ether oxygens (including phenoxy) is 1. The van der Waals surface area contributed by atoms with Gasteiger partial charge >= 0.3 is 0 Å². The van der Waals surface area contributed by atoms with Gasteiger partial charge in [-0.15, -0.1) is 0 Å².